The van der Waals surface area contributed by atoms with Crippen molar-refractivity contribution in [3.8, 4) is 0 Å². The summed E-state index contributed by atoms with van der Waals surface area (Å²) in [6.07, 6.45) is -0.273. The third kappa shape index (κ3) is 7.69. The number of thiol groups is 1. The predicted molar refractivity (Wildman–Crippen MR) is 133 cm³/mol. The Kier molecular flexibility index (Phi) is 10.3. The summed E-state index contributed by atoms with van der Waals surface area (Å²) < 4.78 is 0. The molecule has 36 heavy (non-hydrogen) atoms. The van der Waals surface area contributed by atoms with Gasteiger partial charge in [-0.15, -0.1) is 0 Å². The van der Waals surface area contributed by atoms with Gasteiger partial charge in [0.25, 0.3) is 0 Å². The molecule has 0 aliphatic heterocycles. The number of fused-ring (bicyclic) bond motifs is 1. The van der Waals surface area contributed by atoms with Crippen LogP contribution < -0.4 is 27.4 Å². The van der Waals surface area contributed by atoms with Gasteiger partial charge in [0.05, 0.1) is 18.6 Å². The zero-order valence-electron chi connectivity index (χ0n) is 19.4. The molecule has 196 valence electrons. The molecule has 14 heteroatoms. The number of H-pyrrole nitrogens is 1. The number of aliphatic hydroxyl groups is 1. The molecule has 13 nitrogen and oxygen atoms in total. The number of aliphatic hydroxyl groups excluding tert-OH is 1. The molecule has 5 unspecified atom stereocenters. The second-order valence-electron chi connectivity index (χ2n) is 8.21. The highest BCUT2D eigenvalue weighted by Crippen LogP contribution is 2.19. The summed E-state index contributed by atoms with van der Waals surface area (Å²) in [6.45, 7) is 1.24. The van der Waals surface area contributed by atoms with E-state index in [2.05, 4.69) is 33.6 Å². The van der Waals surface area contributed by atoms with Crippen molar-refractivity contribution in [3.63, 3.8) is 0 Å². The van der Waals surface area contributed by atoms with E-state index in [-0.39, 0.29) is 12.2 Å². The Hall–Kier alpha value is -3.62. The number of carboxylic acids is 1. The number of carboxylic acid groups (broad SMARTS) is 1. The van der Waals surface area contributed by atoms with E-state index in [4.69, 9.17) is 11.5 Å². The zero-order chi connectivity index (χ0) is 27.0. The lowest BCUT2D eigenvalue weighted by Crippen LogP contribution is -2.60. The predicted octanol–water partition coefficient (Wildman–Crippen LogP) is -2.24. The number of aromatic amines is 1. The summed E-state index contributed by atoms with van der Waals surface area (Å²) in [6, 6.07) is 1.76. The molecule has 0 radical (unpaired) electrons. The van der Waals surface area contributed by atoms with Crippen molar-refractivity contribution in [2.75, 3.05) is 5.75 Å². The van der Waals surface area contributed by atoms with Gasteiger partial charge in [0, 0.05) is 29.3 Å². The fourth-order valence-corrected chi connectivity index (χ4v) is 3.67. The molecule has 2 rings (SSSR count). The van der Waals surface area contributed by atoms with Gasteiger partial charge in [-0.2, -0.15) is 12.6 Å². The molecule has 0 saturated heterocycles. The maximum Gasteiger partial charge on any atom is 0.327 e. The van der Waals surface area contributed by atoms with Gasteiger partial charge in [0.15, 0.2) is 0 Å². The van der Waals surface area contributed by atoms with Gasteiger partial charge in [-0.1, -0.05) is 18.2 Å². The number of hydrogen-bond acceptors (Lipinski definition) is 8. The number of carbonyl (C=O) groups is 5. The number of benzene rings is 1. The lowest BCUT2D eigenvalue weighted by atomic mass is 10.0. The zero-order valence-corrected chi connectivity index (χ0v) is 20.3. The smallest absolute Gasteiger partial charge is 0.327 e. The first-order valence-corrected chi connectivity index (χ1v) is 11.6. The maximum atomic E-state index is 13.0. The number of primary amides is 1. The SMILES string of the molecule is CC(O)C(NC(=O)C(N)CC(N)=O)C(=O)NC(Cc1c[nH]c2ccccc12)C(=O)NC(CS)C(=O)O. The van der Waals surface area contributed by atoms with Crippen molar-refractivity contribution in [3.05, 3.63) is 36.0 Å². The Balaban J connectivity index is 2.28. The summed E-state index contributed by atoms with van der Waals surface area (Å²) in [5, 5.41) is 27.2. The summed E-state index contributed by atoms with van der Waals surface area (Å²) >= 11 is 3.93. The summed E-state index contributed by atoms with van der Waals surface area (Å²) in [5.74, 6) is -4.98. The Bertz CT molecular complexity index is 1120. The van der Waals surface area contributed by atoms with Crippen molar-refractivity contribution in [2.45, 2.75) is 50.0 Å². The first-order chi connectivity index (χ1) is 16.9. The summed E-state index contributed by atoms with van der Waals surface area (Å²) in [5.41, 5.74) is 12.1. The molecule has 0 bridgehead atoms. The van der Waals surface area contributed by atoms with E-state index in [1.807, 2.05) is 18.2 Å². The van der Waals surface area contributed by atoms with Gasteiger partial charge < -0.3 is 42.6 Å². The molecule has 4 amide bonds. The molecular weight excluding hydrogens is 492 g/mol. The van der Waals surface area contributed by atoms with Crippen LogP contribution in [0.4, 0.5) is 0 Å². The summed E-state index contributed by atoms with van der Waals surface area (Å²) in [4.78, 5) is 63.8. The van der Waals surface area contributed by atoms with Crippen LogP contribution in [0.3, 0.4) is 0 Å². The standard InChI is InChI=1S/C22H30N6O7S/c1-10(29)18(28-19(31)13(23)7-17(24)30)21(33)26-15(20(32)27-16(9-36)22(34)35)6-11-8-25-14-5-3-2-4-12(11)14/h2-5,8,10,13,15-16,18,25,29,36H,6-7,9,23H2,1H3,(H2,24,30)(H,26,33)(H,27,32)(H,28,31)(H,34,35). The Morgan fingerprint density at radius 3 is 2.25 bits per heavy atom. The van der Waals surface area contributed by atoms with Crippen LogP contribution >= 0.6 is 12.6 Å². The average molecular weight is 523 g/mol. The molecular formula is C22H30N6O7S. The number of para-hydroxylation sites is 1. The molecule has 1 heterocycles. The maximum absolute atomic E-state index is 13.0. The Morgan fingerprint density at radius 1 is 1.03 bits per heavy atom. The van der Waals surface area contributed by atoms with E-state index in [0.717, 1.165) is 10.9 Å². The Labute approximate surface area is 211 Å². The second kappa shape index (κ2) is 12.9. The van der Waals surface area contributed by atoms with E-state index in [1.165, 1.54) is 6.92 Å². The van der Waals surface area contributed by atoms with Crippen molar-refractivity contribution in [1.29, 1.82) is 0 Å². The number of aliphatic carboxylic acids is 1. The highest BCUT2D eigenvalue weighted by molar-refractivity contribution is 7.80. The third-order valence-electron chi connectivity index (χ3n) is 5.35. The number of hydrogen-bond donors (Lipinski definition) is 9. The highest BCUT2D eigenvalue weighted by Gasteiger charge is 2.33. The van der Waals surface area contributed by atoms with Crippen LogP contribution in [0.25, 0.3) is 10.9 Å². The number of nitrogens with two attached hydrogens (primary N) is 2. The molecule has 0 saturated carbocycles. The average Bonchev–Trinajstić information content (AvgIpc) is 3.22. The van der Waals surface area contributed by atoms with Crippen molar-refractivity contribution < 1.29 is 34.2 Å². The minimum absolute atomic E-state index is 0.0395. The van der Waals surface area contributed by atoms with E-state index in [1.54, 1.807) is 12.3 Å². The van der Waals surface area contributed by atoms with Crippen LogP contribution in [0, 0.1) is 0 Å². The molecule has 0 fully saturated rings. The van der Waals surface area contributed by atoms with E-state index in [0.29, 0.717) is 5.56 Å². The number of amides is 4. The van der Waals surface area contributed by atoms with Crippen LogP contribution in [0.1, 0.15) is 18.9 Å². The largest absolute Gasteiger partial charge is 0.480 e. The lowest BCUT2D eigenvalue weighted by molar-refractivity contribution is -0.141. The van der Waals surface area contributed by atoms with Crippen molar-refractivity contribution in [2.24, 2.45) is 11.5 Å². The van der Waals surface area contributed by atoms with E-state index < -0.39 is 66.3 Å². The van der Waals surface area contributed by atoms with Crippen molar-refractivity contribution >= 4 is 53.1 Å². The minimum atomic E-state index is -1.53. The third-order valence-corrected chi connectivity index (χ3v) is 5.71. The summed E-state index contributed by atoms with van der Waals surface area (Å²) in [7, 11) is 0. The van der Waals surface area contributed by atoms with Gasteiger partial charge in [-0.3, -0.25) is 19.2 Å². The molecule has 0 aliphatic rings. The van der Waals surface area contributed by atoms with Crippen LogP contribution in [0.5, 0.6) is 0 Å². The number of rotatable bonds is 13. The fraction of sp³-hybridized carbons (Fsp3) is 0.409. The monoisotopic (exact) mass is 522 g/mol. The van der Waals surface area contributed by atoms with Crippen LogP contribution in [0.2, 0.25) is 0 Å². The Morgan fingerprint density at radius 2 is 1.67 bits per heavy atom. The quantitative estimate of drug-likeness (QED) is 0.130. The molecule has 0 spiro atoms. The first kappa shape index (κ1) is 28.6. The van der Waals surface area contributed by atoms with E-state index in [9.17, 15) is 34.2 Å². The topological polar surface area (TPSA) is 230 Å². The van der Waals surface area contributed by atoms with Crippen LogP contribution in [-0.2, 0) is 30.4 Å². The van der Waals surface area contributed by atoms with Gasteiger partial charge in [-0.25, -0.2) is 4.79 Å². The van der Waals surface area contributed by atoms with Gasteiger partial charge in [-0.05, 0) is 18.6 Å². The first-order valence-electron chi connectivity index (χ1n) is 11.0. The number of carbonyl (C=O) groups excluding carboxylic acids is 4. The number of aromatic nitrogens is 1. The number of nitrogens with one attached hydrogen (secondary N) is 4. The lowest BCUT2D eigenvalue weighted by Gasteiger charge is -2.26. The minimum Gasteiger partial charge on any atom is -0.480 e. The molecule has 1 aromatic heterocycles. The molecule has 10 N–H and O–H groups in total. The molecule has 5 atom stereocenters. The van der Waals surface area contributed by atoms with Gasteiger partial charge >= 0.3 is 5.97 Å². The molecule has 2 aromatic rings. The molecule has 1 aromatic carbocycles. The van der Waals surface area contributed by atoms with Gasteiger partial charge in [0.1, 0.15) is 18.1 Å². The second-order valence-corrected chi connectivity index (χ2v) is 8.58. The van der Waals surface area contributed by atoms with Crippen LogP contribution in [0.15, 0.2) is 30.5 Å². The normalized spacial score (nSPS) is 15.2. The van der Waals surface area contributed by atoms with Gasteiger partial charge in [0.2, 0.25) is 23.6 Å². The van der Waals surface area contributed by atoms with E-state index >= 15 is 0 Å². The molecule has 0 aliphatic carbocycles. The van der Waals surface area contributed by atoms with Crippen LogP contribution in [-0.4, -0.2) is 80.8 Å². The van der Waals surface area contributed by atoms with Crippen molar-refractivity contribution in [1.82, 2.24) is 20.9 Å². The highest BCUT2D eigenvalue weighted by atomic mass is 32.1. The fourth-order valence-electron chi connectivity index (χ4n) is 3.42.